The molecule has 164 valence electrons. The molecule has 0 N–H and O–H groups in total. The Labute approximate surface area is 195 Å². The van der Waals surface area contributed by atoms with Crippen molar-refractivity contribution in [3.63, 3.8) is 0 Å². The molecule has 3 aromatic carbocycles. The Bertz CT molecular complexity index is 1450. The van der Waals surface area contributed by atoms with Crippen LogP contribution in [-0.4, -0.2) is 31.5 Å². The van der Waals surface area contributed by atoms with Crippen LogP contribution in [-0.2, 0) is 14.8 Å². The maximum absolute atomic E-state index is 13.4. The Morgan fingerprint density at radius 1 is 0.939 bits per heavy atom. The minimum absolute atomic E-state index is 0.0925. The number of nitriles is 1. The SMILES string of the molecule is CN1C(C(=O)c2ccc(C#N)cc2)=C(OC(=O)c2ccc(Cl)cc2)c2ccccc2S1(=O)=O. The fraction of sp³-hybridized carbons (Fsp3) is 0.0417. The molecule has 0 aromatic heterocycles. The first-order chi connectivity index (χ1) is 15.7. The van der Waals surface area contributed by atoms with E-state index in [1.807, 2.05) is 6.07 Å². The lowest BCUT2D eigenvalue weighted by atomic mass is 10.0. The second-order valence-electron chi connectivity index (χ2n) is 7.06. The van der Waals surface area contributed by atoms with Crippen molar-refractivity contribution in [2.24, 2.45) is 0 Å². The number of hydrogen-bond donors (Lipinski definition) is 0. The number of rotatable bonds is 4. The van der Waals surface area contributed by atoms with Gasteiger partial charge in [-0.3, -0.25) is 9.10 Å². The van der Waals surface area contributed by atoms with Crippen LogP contribution in [0.5, 0.6) is 0 Å². The summed E-state index contributed by atoms with van der Waals surface area (Å²) in [7, 11) is -2.86. The average molecular weight is 479 g/mol. The van der Waals surface area contributed by atoms with Crippen LogP contribution in [0.3, 0.4) is 0 Å². The molecule has 0 unspecified atom stereocenters. The lowest BCUT2D eigenvalue weighted by molar-refractivity contribution is 0.0686. The molecule has 0 atom stereocenters. The van der Waals surface area contributed by atoms with Crippen LogP contribution in [0.25, 0.3) is 5.76 Å². The predicted molar refractivity (Wildman–Crippen MR) is 121 cm³/mol. The van der Waals surface area contributed by atoms with Crippen LogP contribution in [0.15, 0.2) is 83.4 Å². The van der Waals surface area contributed by atoms with Crippen LogP contribution >= 0.6 is 11.6 Å². The largest absolute Gasteiger partial charge is 0.420 e. The summed E-state index contributed by atoms with van der Waals surface area (Å²) < 4.78 is 32.7. The molecular weight excluding hydrogens is 464 g/mol. The first-order valence-corrected chi connectivity index (χ1v) is 11.4. The molecule has 0 saturated heterocycles. The van der Waals surface area contributed by atoms with E-state index in [2.05, 4.69) is 0 Å². The number of benzene rings is 3. The molecular formula is C24H15ClN2O5S. The maximum Gasteiger partial charge on any atom is 0.343 e. The van der Waals surface area contributed by atoms with Gasteiger partial charge in [-0.15, -0.1) is 0 Å². The average Bonchev–Trinajstić information content (AvgIpc) is 2.83. The summed E-state index contributed by atoms with van der Waals surface area (Å²) in [4.78, 5) is 26.2. The van der Waals surface area contributed by atoms with Crippen molar-refractivity contribution in [3.8, 4) is 6.07 Å². The number of nitrogens with zero attached hydrogens (tertiary/aromatic N) is 2. The van der Waals surface area contributed by atoms with Crippen molar-refractivity contribution in [1.29, 1.82) is 5.26 Å². The van der Waals surface area contributed by atoms with Crippen LogP contribution in [0.4, 0.5) is 0 Å². The third-order valence-corrected chi connectivity index (χ3v) is 7.13. The summed E-state index contributed by atoms with van der Waals surface area (Å²) in [5.74, 6) is -1.65. The van der Waals surface area contributed by atoms with Crippen LogP contribution < -0.4 is 0 Å². The van der Waals surface area contributed by atoms with E-state index >= 15 is 0 Å². The normalized spacial score (nSPS) is 14.3. The Kier molecular flexibility index (Phi) is 5.77. The van der Waals surface area contributed by atoms with E-state index in [0.29, 0.717) is 10.6 Å². The number of halogens is 1. The number of esters is 1. The lowest BCUT2D eigenvalue weighted by Crippen LogP contribution is -2.36. The van der Waals surface area contributed by atoms with Crippen LogP contribution in [0, 0.1) is 11.3 Å². The number of likely N-dealkylation sites (N-methyl/N-ethyl adjacent to an activating group) is 1. The quantitative estimate of drug-likeness (QED) is 0.410. The molecule has 0 fully saturated rings. The molecule has 33 heavy (non-hydrogen) atoms. The number of sulfonamides is 1. The lowest BCUT2D eigenvalue weighted by Gasteiger charge is -2.30. The fourth-order valence-electron chi connectivity index (χ4n) is 3.34. The molecule has 3 aromatic rings. The summed E-state index contributed by atoms with van der Waals surface area (Å²) >= 11 is 5.88. The van der Waals surface area contributed by atoms with E-state index in [-0.39, 0.29) is 33.0 Å². The van der Waals surface area contributed by atoms with Gasteiger partial charge in [-0.1, -0.05) is 23.7 Å². The van der Waals surface area contributed by atoms with E-state index in [1.54, 1.807) is 6.07 Å². The molecule has 0 saturated carbocycles. The molecule has 0 aliphatic carbocycles. The Hall–Kier alpha value is -3.93. The molecule has 9 heteroatoms. The summed E-state index contributed by atoms with van der Waals surface area (Å²) in [5.41, 5.74) is 0.414. The number of fused-ring (bicyclic) bond motifs is 1. The smallest absolute Gasteiger partial charge is 0.343 e. The molecule has 4 rings (SSSR count). The monoisotopic (exact) mass is 478 g/mol. The second kappa shape index (κ2) is 8.54. The zero-order chi connectivity index (χ0) is 23.8. The standard InChI is InChI=1S/C24H15ClN2O5S/c1-27-21(22(28)16-8-6-15(14-26)7-9-16)23(19-4-2-3-5-20(19)33(27,30)31)32-24(29)17-10-12-18(25)13-11-17/h2-13H,1H3. The molecule has 0 amide bonds. The molecule has 0 spiro atoms. The van der Waals surface area contributed by atoms with E-state index in [9.17, 15) is 18.0 Å². The number of carbonyl (C=O) groups excluding carboxylic acids is 2. The third-order valence-electron chi connectivity index (χ3n) is 5.07. The highest BCUT2D eigenvalue weighted by atomic mass is 35.5. The highest BCUT2D eigenvalue weighted by Crippen LogP contribution is 2.38. The van der Waals surface area contributed by atoms with E-state index < -0.39 is 21.8 Å². The highest BCUT2D eigenvalue weighted by Gasteiger charge is 2.39. The van der Waals surface area contributed by atoms with Crippen molar-refractivity contribution < 1.29 is 22.7 Å². The van der Waals surface area contributed by atoms with Gasteiger partial charge in [0.25, 0.3) is 10.0 Å². The van der Waals surface area contributed by atoms with Gasteiger partial charge in [0.1, 0.15) is 5.70 Å². The summed E-state index contributed by atoms with van der Waals surface area (Å²) in [6.07, 6.45) is 0. The van der Waals surface area contributed by atoms with Crippen LogP contribution in [0.2, 0.25) is 5.02 Å². The second-order valence-corrected chi connectivity index (χ2v) is 9.44. The molecule has 1 aliphatic heterocycles. The molecule has 1 heterocycles. The van der Waals surface area contributed by atoms with Gasteiger partial charge >= 0.3 is 5.97 Å². The Morgan fingerprint density at radius 2 is 1.55 bits per heavy atom. The van der Waals surface area contributed by atoms with Crippen molar-refractivity contribution in [1.82, 2.24) is 4.31 Å². The zero-order valence-corrected chi connectivity index (χ0v) is 18.7. The number of carbonyl (C=O) groups is 2. The minimum Gasteiger partial charge on any atom is -0.420 e. The third kappa shape index (κ3) is 4.00. The van der Waals surface area contributed by atoms with E-state index in [1.165, 1.54) is 73.8 Å². The Morgan fingerprint density at radius 3 is 2.18 bits per heavy atom. The van der Waals surface area contributed by atoms with Gasteiger partial charge in [-0.25, -0.2) is 13.2 Å². The number of ketones is 1. The summed E-state index contributed by atoms with van der Waals surface area (Å²) in [6.45, 7) is 0. The molecule has 1 aliphatic rings. The Balaban J connectivity index is 1.90. The first kappa shape index (κ1) is 22.3. The summed E-state index contributed by atoms with van der Waals surface area (Å²) in [5, 5.41) is 9.43. The van der Waals surface area contributed by atoms with Gasteiger partial charge in [-0.05, 0) is 60.7 Å². The van der Waals surface area contributed by atoms with Crippen molar-refractivity contribution in [3.05, 3.63) is 106 Å². The number of hydrogen-bond acceptors (Lipinski definition) is 6. The number of Topliss-reactive ketones (excluding diaryl/α,β-unsaturated/α-hetero) is 1. The molecule has 7 nitrogen and oxygen atoms in total. The summed E-state index contributed by atoms with van der Waals surface area (Å²) in [6, 6.07) is 19.6. The van der Waals surface area contributed by atoms with E-state index in [4.69, 9.17) is 21.6 Å². The van der Waals surface area contributed by atoms with Gasteiger partial charge < -0.3 is 4.74 Å². The van der Waals surface area contributed by atoms with Crippen molar-refractivity contribution in [2.75, 3.05) is 7.05 Å². The number of allylic oxidation sites excluding steroid dienone is 1. The highest BCUT2D eigenvalue weighted by molar-refractivity contribution is 7.89. The van der Waals surface area contributed by atoms with Crippen molar-refractivity contribution in [2.45, 2.75) is 4.90 Å². The maximum atomic E-state index is 13.4. The molecule has 0 bridgehead atoms. The number of ether oxygens (including phenoxy) is 1. The minimum atomic E-state index is -4.08. The van der Waals surface area contributed by atoms with Gasteiger partial charge in [0.15, 0.2) is 5.76 Å². The topological polar surface area (TPSA) is 105 Å². The van der Waals surface area contributed by atoms with Gasteiger partial charge in [0.05, 0.1) is 22.1 Å². The van der Waals surface area contributed by atoms with Crippen LogP contribution in [0.1, 0.15) is 31.8 Å². The van der Waals surface area contributed by atoms with E-state index in [0.717, 1.165) is 4.31 Å². The van der Waals surface area contributed by atoms with Gasteiger partial charge in [0, 0.05) is 23.2 Å². The zero-order valence-electron chi connectivity index (χ0n) is 17.2. The van der Waals surface area contributed by atoms with Gasteiger partial charge in [-0.2, -0.15) is 5.26 Å². The molecule has 0 radical (unpaired) electrons. The predicted octanol–water partition coefficient (Wildman–Crippen LogP) is 4.25. The van der Waals surface area contributed by atoms with Gasteiger partial charge in [0.2, 0.25) is 5.78 Å². The first-order valence-electron chi connectivity index (χ1n) is 9.59. The fourth-order valence-corrected chi connectivity index (χ4v) is 4.85. The van der Waals surface area contributed by atoms with Crippen molar-refractivity contribution >= 4 is 39.1 Å².